The Hall–Kier alpha value is -2.39. The molecule has 1 saturated heterocycles. The van der Waals surface area contributed by atoms with Gasteiger partial charge in [0.2, 0.25) is 5.95 Å². The van der Waals surface area contributed by atoms with Crippen molar-refractivity contribution in [1.29, 1.82) is 5.26 Å². The van der Waals surface area contributed by atoms with Gasteiger partial charge in [0.25, 0.3) is 0 Å². The number of nitriles is 1. The number of nitrogens with zero attached hydrogens (tertiary/aromatic N) is 6. The van der Waals surface area contributed by atoms with E-state index in [4.69, 9.17) is 5.26 Å². The minimum Gasteiger partial charge on any atom is -0.338 e. The van der Waals surface area contributed by atoms with E-state index in [0.717, 1.165) is 49.6 Å². The number of benzene rings is 1. The van der Waals surface area contributed by atoms with Gasteiger partial charge in [0.1, 0.15) is 0 Å². The molecule has 6 nitrogen and oxygen atoms in total. The Morgan fingerprint density at radius 3 is 2.31 bits per heavy atom. The van der Waals surface area contributed by atoms with Crippen molar-refractivity contribution in [3.05, 3.63) is 29.8 Å². The van der Waals surface area contributed by atoms with Crippen LogP contribution in [0.4, 0.5) is 5.95 Å². The molecule has 6 heteroatoms. The van der Waals surface area contributed by atoms with Crippen molar-refractivity contribution in [3.8, 4) is 17.5 Å². The quantitative estimate of drug-likeness (QED) is 0.852. The van der Waals surface area contributed by atoms with Gasteiger partial charge in [0, 0.05) is 44.8 Å². The van der Waals surface area contributed by atoms with E-state index in [2.05, 4.69) is 30.6 Å². The molecule has 0 amide bonds. The summed E-state index contributed by atoms with van der Waals surface area (Å²) < 4.78 is 2.07. The number of hydrogen-bond acceptors (Lipinski definition) is 5. The van der Waals surface area contributed by atoms with E-state index in [1.165, 1.54) is 32.1 Å². The highest BCUT2D eigenvalue weighted by atomic mass is 15.4. The van der Waals surface area contributed by atoms with E-state index in [9.17, 15) is 0 Å². The third-order valence-electron chi connectivity index (χ3n) is 5.81. The number of rotatable bonds is 3. The van der Waals surface area contributed by atoms with Gasteiger partial charge in [0.05, 0.1) is 11.6 Å². The summed E-state index contributed by atoms with van der Waals surface area (Å²) in [6.07, 6.45) is 6.93. The number of hydrogen-bond donors (Lipinski definition) is 0. The third-order valence-corrected chi connectivity index (χ3v) is 5.81. The molecule has 0 atom stereocenters. The van der Waals surface area contributed by atoms with Crippen molar-refractivity contribution in [3.63, 3.8) is 0 Å². The molecule has 0 radical (unpaired) electrons. The van der Waals surface area contributed by atoms with E-state index in [1.807, 2.05) is 31.3 Å². The molecule has 0 unspecified atom stereocenters. The van der Waals surface area contributed by atoms with E-state index >= 15 is 0 Å². The maximum atomic E-state index is 8.95. The van der Waals surface area contributed by atoms with E-state index in [1.54, 1.807) is 0 Å². The smallest absolute Gasteiger partial charge is 0.227 e. The molecule has 2 aliphatic rings. The molecular weight excluding hydrogens is 324 g/mol. The molecular formula is C20H26N6. The first kappa shape index (κ1) is 17.0. The van der Waals surface area contributed by atoms with Crippen LogP contribution in [-0.2, 0) is 7.05 Å². The molecule has 26 heavy (non-hydrogen) atoms. The summed E-state index contributed by atoms with van der Waals surface area (Å²) in [6, 6.07) is 10.5. The second kappa shape index (κ2) is 7.46. The molecule has 1 saturated carbocycles. The summed E-state index contributed by atoms with van der Waals surface area (Å²) in [5.74, 6) is 1.78. The van der Waals surface area contributed by atoms with Crippen molar-refractivity contribution in [2.24, 2.45) is 7.05 Å². The lowest BCUT2D eigenvalue weighted by Crippen LogP contribution is -2.51. The zero-order valence-corrected chi connectivity index (χ0v) is 15.4. The van der Waals surface area contributed by atoms with Gasteiger partial charge in [-0.3, -0.25) is 9.47 Å². The predicted molar refractivity (Wildman–Crippen MR) is 102 cm³/mol. The number of aromatic nitrogens is 3. The van der Waals surface area contributed by atoms with Gasteiger partial charge < -0.3 is 4.90 Å². The first-order valence-electron chi connectivity index (χ1n) is 9.65. The summed E-state index contributed by atoms with van der Waals surface area (Å²) >= 11 is 0. The third kappa shape index (κ3) is 3.32. The van der Waals surface area contributed by atoms with Crippen molar-refractivity contribution >= 4 is 5.95 Å². The minimum absolute atomic E-state index is 0.662. The van der Waals surface area contributed by atoms with Gasteiger partial charge in [-0.2, -0.15) is 5.26 Å². The van der Waals surface area contributed by atoms with Crippen LogP contribution in [0, 0.1) is 11.3 Å². The zero-order valence-electron chi connectivity index (χ0n) is 15.4. The molecule has 0 N–H and O–H groups in total. The van der Waals surface area contributed by atoms with Crippen LogP contribution in [0.1, 0.15) is 37.7 Å². The van der Waals surface area contributed by atoms with Crippen molar-refractivity contribution in [2.45, 2.75) is 38.1 Å². The Balaban J connectivity index is 1.44. The van der Waals surface area contributed by atoms with Crippen LogP contribution in [0.2, 0.25) is 0 Å². The number of piperazine rings is 1. The van der Waals surface area contributed by atoms with Gasteiger partial charge in [-0.15, -0.1) is 10.2 Å². The normalized spacial score (nSPS) is 19.5. The fourth-order valence-corrected chi connectivity index (χ4v) is 4.27. The molecule has 136 valence electrons. The molecule has 4 rings (SSSR count). The van der Waals surface area contributed by atoms with Crippen LogP contribution < -0.4 is 4.90 Å². The molecule has 0 spiro atoms. The standard InChI is InChI=1S/C20H26N6/c1-24-19(17-9-7-16(15-21)8-10-17)22-23-20(24)26-13-11-25(12-14-26)18-5-3-2-4-6-18/h7-10,18H,2-6,11-14H2,1H3. The topological polar surface area (TPSA) is 61.0 Å². The SMILES string of the molecule is Cn1c(-c2ccc(C#N)cc2)nnc1N1CCN(C2CCCCC2)CC1. The van der Waals surface area contributed by atoms with Gasteiger partial charge in [0.15, 0.2) is 5.82 Å². The average Bonchev–Trinajstić information content (AvgIpc) is 3.10. The van der Waals surface area contributed by atoms with Crippen LogP contribution in [0.25, 0.3) is 11.4 Å². The highest BCUT2D eigenvalue weighted by Gasteiger charge is 2.27. The lowest BCUT2D eigenvalue weighted by atomic mass is 9.94. The van der Waals surface area contributed by atoms with Crippen LogP contribution >= 0.6 is 0 Å². The van der Waals surface area contributed by atoms with Crippen LogP contribution in [0.3, 0.4) is 0 Å². The maximum Gasteiger partial charge on any atom is 0.227 e. The Bertz CT molecular complexity index is 774. The van der Waals surface area contributed by atoms with Crippen LogP contribution in [0.5, 0.6) is 0 Å². The van der Waals surface area contributed by atoms with E-state index in [-0.39, 0.29) is 0 Å². The molecule has 2 aromatic rings. The largest absolute Gasteiger partial charge is 0.338 e. The number of anilines is 1. The second-order valence-corrected chi connectivity index (χ2v) is 7.39. The Morgan fingerprint density at radius 2 is 1.65 bits per heavy atom. The summed E-state index contributed by atoms with van der Waals surface area (Å²) in [7, 11) is 2.02. The Kier molecular flexibility index (Phi) is 4.89. The summed E-state index contributed by atoms with van der Waals surface area (Å²) in [6.45, 7) is 4.25. The molecule has 0 bridgehead atoms. The Morgan fingerprint density at radius 1 is 0.962 bits per heavy atom. The van der Waals surface area contributed by atoms with Crippen molar-refractivity contribution < 1.29 is 0 Å². The monoisotopic (exact) mass is 350 g/mol. The lowest BCUT2D eigenvalue weighted by Gasteiger charge is -2.40. The second-order valence-electron chi connectivity index (χ2n) is 7.39. The molecule has 1 aliphatic carbocycles. The average molecular weight is 350 g/mol. The first-order valence-corrected chi connectivity index (χ1v) is 9.65. The molecule has 1 aromatic carbocycles. The zero-order chi connectivity index (χ0) is 17.9. The van der Waals surface area contributed by atoms with E-state index < -0.39 is 0 Å². The Labute approximate surface area is 155 Å². The summed E-state index contributed by atoms with van der Waals surface area (Å²) in [5.41, 5.74) is 1.65. The van der Waals surface area contributed by atoms with Crippen LogP contribution in [-0.4, -0.2) is 51.9 Å². The minimum atomic E-state index is 0.662. The van der Waals surface area contributed by atoms with Crippen molar-refractivity contribution in [2.75, 3.05) is 31.1 Å². The van der Waals surface area contributed by atoms with E-state index in [0.29, 0.717) is 5.56 Å². The van der Waals surface area contributed by atoms with Crippen molar-refractivity contribution in [1.82, 2.24) is 19.7 Å². The fourth-order valence-electron chi connectivity index (χ4n) is 4.27. The summed E-state index contributed by atoms with van der Waals surface area (Å²) in [5, 5.41) is 17.8. The molecule has 1 aliphatic heterocycles. The van der Waals surface area contributed by atoms with Gasteiger partial charge in [-0.25, -0.2) is 0 Å². The fraction of sp³-hybridized carbons (Fsp3) is 0.550. The van der Waals surface area contributed by atoms with Crippen LogP contribution in [0.15, 0.2) is 24.3 Å². The first-order chi connectivity index (χ1) is 12.8. The van der Waals surface area contributed by atoms with Gasteiger partial charge in [-0.05, 0) is 37.1 Å². The maximum absolute atomic E-state index is 8.95. The predicted octanol–water partition coefficient (Wildman–Crippen LogP) is 2.81. The molecule has 2 fully saturated rings. The highest BCUT2D eigenvalue weighted by molar-refractivity contribution is 5.59. The molecule has 2 heterocycles. The van der Waals surface area contributed by atoms with Gasteiger partial charge in [-0.1, -0.05) is 19.3 Å². The summed E-state index contributed by atoms with van der Waals surface area (Å²) in [4.78, 5) is 5.02. The molecule has 1 aromatic heterocycles. The highest BCUT2D eigenvalue weighted by Crippen LogP contribution is 2.26. The van der Waals surface area contributed by atoms with Gasteiger partial charge >= 0.3 is 0 Å². The lowest BCUT2D eigenvalue weighted by molar-refractivity contribution is 0.147.